The summed E-state index contributed by atoms with van der Waals surface area (Å²) < 4.78 is 12.4. The predicted molar refractivity (Wildman–Crippen MR) is 95.2 cm³/mol. The molecule has 0 aliphatic carbocycles. The molecule has 0 N–H and O–H groups in total. The second-order valence-corrected chi connectivity index (χ2v) is 5.55. The number of carbonyl (C=O) groups excluding carboxylic acids is 2. The third-order valence-electron chi connectivity index (χ3n) is 4.09. The molecule has 0 atom stereocenters. The van der Waals surface area contributed by atoms with Gasteiger partial charge in [0.25, 0.3) is 0 Å². The van der Waals surface area contributed by atoms with Gasteiger partial charge in [-0.1, -0.05) is 30.3 Å². The topological polar surface area (TPSA) is 57.5 Å². The zero-order valence-corrected chi connectivity index (χ0v) is 14.2. The number of rotatable bonds is 6. The minimum atomic E-state index is -0.508. The van der Waals surface area contributed by atoms with Crippen molar-refractivity contribution in [3.8, 4) is 5.75 Å². The number of benzene rings is 2. The van der Waals surface area contributed by atoms with Gasteiger partial charge in [-0.15, -0.1) is 0 Å². The lowest BCUT2D eigenvalue weighted by molar-refractivity contribution is 0.0475. The van der Waals surface area contributed by atoms with E-state index in [9.17, 15) is 9.59 Å². The number of esters is 1. The van der Waals surface area contributed by atoms with Crippen LogP contribution < -0.4 is 4.74 Å². The number of Topliss-reactive ketones (excluding diaryl/α,β-unsaturated/α-hetero) is 1. The van der Waals surface area contributed by atoms with E-state index in [1.54, 1.807) is 30.5 Å². The Morgan fingerprint density at radius 1 is 1.00 bits per heavy atom. The Labute approximate surface area is 145 Å². The number of fused-ring (bicyclic) bond motifs is 1. The van der Waals surface area contributed by atoms with Crippen molar-refractivity contribution in [2.75, 3.05) is 13.7 Å². The van der Waals surface area contributed by atoms with E-state index in [4.69, 9.17) is 9.47 Å². The summed E-state index contributed by atoms with van der Waals surface area (Å²) in [5.41, 5.74) is 1.83. The van der Waals surface area contributed by atoms with Gasteiger partial charge in [-0.25, -0.2) is 4.79 Å². The molecule has 2 aromatic carbocycles. The van der Waals surface area contributed by atoms with Crippen molar-refractivity contribution in [2.45, 2.75) is 13.5 Å². The van der Waals surface area contributed by atoms with Crippen LogP contribution in [0.25, 0.3) is 10.9 Å². The van der Waals surface area contributed by atoms with Gasteiger partial charge in [0, 0.05) is 23.6 Å². The Bertz CT molecular complexity index is 926. The number of nitrogens with zero attached hydrogens (tertiary/aromatic N) is 1. The van der Waals surface area contributed by atoms with E-state index in [0.29, 0.717) is 16.9 Å². The Kier molecular flexibility index (Phi) is 4.84. The number of aryl methyl sites for hydroxylation is 1. The van der Waals surface area contributed by atoms with Crippen LogP contribution in [-0.2, 0) is 11.3 Å². The fraction of sp³-hybridized carbons (Fsp3) is 0.200. The number of hydrogen-bond donors (Lipinski definition) is 0. The molecule has 0 saturated heterocycles. The van der Waals surface area contributed by atoms with E-state index in [0.717, 1.165) is 17.4 Å². The molecule has 128 valence electrons. The maximum absolute atomic E-state index is 12.5. The molecule has 0 unspecified atom stereocenters. The molecule has 0 saturated carbocycles. The van der Waals surface area contributed by atoms with Gasteiger partial charge in [0.05, 0.1) is 18.2 Å². The van der Waals surface area contributed by atoms with Crippen molar-refractivity contribution in [3.05, 3.63) is 65.9 Å². The monoisotopic (exact) mass is 337 g/mol. The fourth-order valence-electron chi connectivity index (χ4n) is 2.83. The largest absolute Gasteiger partial charge is 0.496 e. The smallest absolute Gasteiger partial charge is 0.340 e. The molecule has 25 heavy (non-hydrogen) atoms. The van der Waals surface area contributed by atoms with Crippen LogP contribution in [0.3, 0.4) is 0 Å². The average molecular weight is 337 g/mol. The number of ether oxygens (including phenoxy) is 2. The van der Waals surface area contributed by atoms with Crippen molar-refractivity contribution in [3.63, 3.8) is 0 Å². The Morgan fingerprint density at radius 2 is 1.72 bits per heavy atom. The quantitative estimate of drug-likeness (QED) is 0.508. The van der Waals surface area contributed by atoms with Crippen LogP contribution in [0, 0.1) is 0 Å². The van der Waals surface area contributed by atoms with Gasteiger partial charge >= 0.3 is 5.97 Å². The van der Waals surface area contributed by atoms with E-state index >= 15 is 0 Å². The number of methoxy groups -OCH3 is 1. The molecule has 0 bridgehead atoms. The molecule has 0 fully saturated rings. The van der Waals surface area contributed by atoms with Crippen LogP contribution >= 0.6 is 0 Å². The second-order valence-electron chi connectivity index (χ2n) is 5.55. The lowest BCUT2D eigenvalue weighted by atomic mass is 10.1. The minimum absolute atomic E-state index is 0.301. The first-order valence-electron chi connectivity index (χ1n) is 8.07. The van der Waals surface area contributed by atoms with Crippen molar-refractivity contribution in [1.29, 1.82) is 0 Å². The van der Waals surface area contributed by atoms with E-state index in [1.807, 2.05) is 35.8 Å². The van der Waals surface area contributed by atoms with Crippen LogP contribution in [-0.4, -0.2) is 30.0 Å². The molecule has 3 rings (SSSR count). The molecule has 5 heteroatoms. The van der Waals surface area contributed by atoms with Crippen LogP contribution in [0.5, 0.6) is 5.75 Å². The Morgan fingerprint density at radius 3 is 2.48 bits per heavy atom. The van der Waals surface area contributed by atoms with Gasteiger partial charge in [0.2, 0.25) is 5.78 Å². The number of hydrogen-bond acceptors (Lipinski definition) is 4. The highest BCUT2D eigenvalue weighted by molar-refractivity contribution is 6.06. The first kappa shape index (κ1) is 16.8. The molecule has 0 aliphatic heterocycles. The summed E-state index contributed by atoms with van der Waals surface area (Å²) in [4.78, 5) is 24.8. The first-order valence-corrected chi connectivity index (χ1v) is 8.07. The lowest BCUT2D eigenvalue weighted by Crippen LogP contribution is -2.15. The summed E-state index contributed by atoms with van der Waals surface area (Å²) in [6.45, 7) is 2.42. The summed E-state index contributed by atoms with van der Waals surface area (Å²) in [5.74, 6) is -0.345. The average Bonchev–Trinajstić information content (AvgIpc) is 3.04. The Hall–Kier alpha value is -3.08. The van der Waals surface area contributed by atoms with Crippen molar-refractivity contribution < 1.29 is 19.1 Å². The zero-order valence-electron chi connectivity index (χ0n) is 14.2. The number of aromatic nitrogens is 1. The molecular weight excluding hydrogens is 318 g/mol. The predicted octanol–water partition coefficient (Wildman–Crippen LogP) is 3.71. The Balaban J connectivity index is 1.78. The highest BCUT2D eigenvalue weighted by Crippen LogP contribution is 2.23. The molecule has 1 aromatic heterocycles. The van der Waals surface area contributed by atoms with Gasteiger partial charge < -0.3 is 14.0 Å². The maximum Gasteiger partial charge on any atom is 0.340 e. The van der Waals surface area contributed by atoms with Gasteiger partial charge in [-0.2, -0.15) is 0 Å². The molecule has 3 aromatic rings. The van der Waals surface area contributed by atoms with E-state index in [2.05, 4.69) is 0 Å². The van der Waals surface area contributed by atoms with E-state index in [1.165, 1.54) is 7.11 Å². The summed E-state index contributed by atoms with van der Waals surface area (Å²) in [5, 5.41) is 0.819. The third-order valence-corrected chi connectivity index (χ3v) is 4.09. The first-order chi connectivity index (χ1) is 12.2. The summed E-state index contributed by atoms with van der Waals surface area (Å²) in [6.07, 6.45) is 1.76. The van der Waals surface area contributed by atoms with Crippen LogP contribution in [0.2, 0.25) is 0 Å². The van der Waals surface area contributed by atoms with Gasteiger partial charge in [-0.3, -0.25) is 4.79 Å². The van der Waals surface area contributed by atoms with Crippen LogP contribution in [0.15, 0.2) is 54.7 Å². The van der Waals surface area contributed by atoms with E-state index < -0.39 is 5.97 Å². The highest BCUT2D eigenvalue weighted by atomic mass is 16.5. The van der Waals surface area contributed by atoms with Crippen molar-refractivity contribution >= 4 is 22.7 Å². The molecule has 5 nitrogen and oxygen atoms in total. The van der Waals surface area contributed by atoms with Gasteiger partial charge in [0.15, 0.2) is 6.61 Å². The normalized spacial score (nSPS) is 10.6. The molecule has 0 radical (unpaired) electrons. The van der Waals surface area contributed by atoms with Crippen LogP contribution in [0.4, 0.5) is 0 Å². The van der Waals surface area contributed by atoms with E-state index in [-0.39, 0.29) is 12.4 Å². The molecular formula is C20H19NO4. The molecule has 0 spiro atoms. The minimum Gasteiger partial charge on any atom is -0.496 e. The maximum atomic E-state index is 12.5. The molecule has 1 heterocycles. The number of carbonyl (C=O) groups is 2. The number of para-hydroxylation sites is 2. The summed E-state index contributed by atoms with van der Waals surface area (Å²) in [7, 11) is 1.50. The summed E-state index contributed by atoms with van der Waals surface area (Å²) >= 11 is 0. The van der Waals surface area contributed by atoms with Crippen molar-refractivity contribution in [2.24, 2.45) is 0 Å². The van der Waals surface area contributed by atoms with Gasteiger partial charge in [0.1, 0.15) is 5.75 Å². The molecule has 0 amide bonds. The van der Waals surface area contributed by atoms with Gasteiger partial charge in [-0.05, 0) is 25.1 Å². The summed E-state index contributed by atoms with van der Waals surface area (Å²) in [6, 6.07) is 14.5. The van der Waals surface area contributed by atoms with Crippen LogP contribution in [0.1, 0.15) is 27.6 Å². The SMILES string of the molecule is CCn1cc(C(=O)OCC(=O)c2ccccc2OC)c2ccccc21. The standard InChI is InChI=1S/C20H19NO4/c1-3-21-12-16(14-8-4-6-10-17(14)21)20(23)25-13-18(22)15-9-5-7-11-19(15)24-2/h4-12H,3,13H2,1-2H3. The lowest BCUT2D eigenvalue weighted by Gasteiger charge is -2.07. The second kappa shape index (κ2) is 7.21. The van der Waals surface area contributed by atoms with Crippen molar-refractivity contribution in [1.82, 2.24) is 4.57 Å². The number of ketones is 1. The third kappa shape index (κ3) is 3.26. The fourth-order valence-corrected chi connectivity index (χ4v) is 2.83. The highest BCUT2D eigenvalue weighted by Gasteiger charge is 2.18. The zero-order chi connectivity index (χ0) is 17.8. The molecule has 0 aliphatic rings.